The Morgan fingerprint density at radius 3 is 2.70 bits per heavy atom. The number of aryl methyl sites for hydroxylation is 2. The molecule has 0 amide bonds. The molecule has 0 aliphatic heterocycles. The third-order valence-corrected chi connectivity index (χ3v) is 3.46. The van der Waals surface area contributed by atoms with Gasteiger partial charge in [-0.3, -0.25) is 4.98 Å². The summed E-state index contributed by atoms with van der Waals surface area (Å²) in [4.78, 5) is 6.86. The number of nitrogens with zero attached hydrogens (tertiary/aromatic N) is 2. The van der Waals surface area contributed by atoms with E-state index in [1.54, 1.807) is 0 Å². The predicted molar refractivity (Wildman–Crippen MR) is 84.9 cm³/mol. The molecule has 2 rings (SSSR count). The molecule has 2 N–H and O–H groups in total. The van der Waals surface area contributed by atoms with Crippen molar-refractivity contribution in [2.45, 2.75) is 26.8 Å². The molecule has 0 radical (unpaired) electrons. The Morgan fingerprint density at radius 1 is 1.15 bits per heavy atom. The zero-order valence-electron chi connectivity index (χ0n) is 12.3. The van der Waals surface area contributed by atoms with Gasteiger partial charge >= 0.3 is 0 Å². The van der Waals surface area contributed by atoms with Crippen LogP contribution in [-0.4, -0.2) is 18.1 Å². The van der Waals surface area contributed by atoms with Crippen LogP contribution in [-0.2, 0) is 6.54 Å². The van der Waals surface area contributed by atoms with E-state index in [1.165, 1.54) is 16.8 Å². The highest BCUT2D eigenvalue weighted by Gasteiger charge is 2.09. The number of rotatable bonds is 6. The lowest BCUT2D eigenvalue weighted by molar-refractivity contribution is 0.723. The third-order valence-electron chi connectivity index (χ3n) is 3.46. The van der Waals surface area contributed by atoms with Crippen LogP contribution in [0.15, 0.2) is 42.6 Å². The van der Waals surface area contributed by atoms with Crippen molar-refractivity contribution >= 4 is 5.69 Å². The maximum atomic E-state index is 5.67. The van der Waals surface area contributed by atoms with Crippen molar-refractivity contribution in [1.82, 2.24) is 4.98 Å². The molecule has 0 spiro atoms. The van der Waals surface area contributed by atoms with Gasteiger partial charge in [0.15, 0.2) is 0 Å². The van der Waals surface area contributed by atoms with E-state index >= 15 is 0 Å². The van der Waals surface area contributed by atoms with E-state index in [9.17, 15) is 0 Å². The van der Waals surface area contributed by atoms with E-state index in [0.29, 0.717) is 6.54 Å². The molecule has 3 heteroatoms. The molecule has 2 aromatic rings. The predicted octanol–water partition coefficient (Wildman–Crippen LogP) is 3.05. The van der Waals surface area contributed by atoms with Crippen LogP contribution in [0.5, 0.6) is 0 Å². The van der Waals surface area contributed by atoms with Gasteiger partial charge in [-0.2, -0.15) is 0 Å². The second-order valence-corrected chi connectivity index (χ2v) is 5.17. The summed E-state index contributed by atoms with van der Waals surface area (Å²) in [6.45, 7) is 6.73. The van der Waals surface area contributed by atoms with E-state index in [4.69, 9.17) is 5.73 Å². The Morgan fingerprint density at radius 2 is 2.00 bits per heavy atom. The van der Waals surface area contributed by atoms with E-state index < -0.39 is 0 Å². The van der Waals surface area contributed by atoms with Gasteiger partial charge < -0.3 is 10.6 Å². The van der Waals surface area contributed by atoms with Crippen LogP contribution in [0.4, 0.5) is 5.69 Å². The fraction of sp³-hybridized carbons (Fsp3) is 0.353. The molecule has 3 nitrogen and oxygen atoms in total. The highest BCUT2D eigenvalue weighted by molar-refractivity contribution is 5.48. The van der Waals surface area contributed by atoms with Crippen LogP contribution in [0, 0.1) is 13.8 Å². The lowest BCUT2D eigenvalue weighted by Crippen LogP contribution is -2.26. The molecule has 1 heterocycles. The molecule has 106 valence electrons. The van der Waals surface area contributed by atoms with E-state index in [1.807, 2.05) is 12.3 Å². The van der Waals surface area contributed by atoms with Crippen LogP contribution in [0.25, 0.3) is 0 Å². The van der Waals surface area contributed by atoms with Gasteiger partial charge in [-0.05, 0) is 56.1 Å². The van der Waals surface area contributed by atoms with Gasteiger partial charge in [0.05, 0.1) is 12.2 Å². The van der Waals surface area contributed by atoms with Crippen LogP contribution in [0.2, 0.25) is 0 Å². The van der Waals surface area contributed by atoms with Crippen molar-refractivity contribution < 1.29 is 0 Å². The summed E-state index contributed by atoms with van der Waals surface area (Å²) in [5, 5.41) is 0. The number of hydrogen-bond donors (Lipinski definition) is 1. The van der Waals surface area contributed by atoms with Gasteiger partial charge in [0.25, 0.3) is 0 Å². The average Bonchev–Trinajstić information content (AvgIpc) is 2.45. The molecule has 20 heavy (non-hydrogen) atoms. The molecule has 0 bridgehead atoms. The standard InChI is InChI=1S/C17H23N3/c1-14-6-3-8-16(12-14)20(11-5-9-18)13-17-15(2)7-4-10-19-17/h3-4,6-8,10,12H,5,9,11,13,18H2,1-2H3. The Kier molecular flexibility index (Phi) is 5.13. The quantitative estimate of drug-likeness (QED) is 0.876. The summed E-state index contributed by atoms with van der Waals surface area (Å²) in [5.41, 5.74) is 10.5. The molecular weight excluding hydrogens is 246 g/mol. The normalized spacial score (nSPS) is 10.6. The lowest BCUT2D eigenvalue weighted by Gasteiger charge is -2.25. The Bertz CT molecular complexity index is 551. The van der Waals surface area contributed by atoms with Crippen molar-refractivity contribution in [3.05, 3.63) is 59.4 Å². The number of nitrogens with two attached hydrogens (primary N) is 1. The second-order valence-electron chi connectivity index (χ2n) is 5.17. The van der Waals surface area contributed by atoms with Crippen molar-refractivity contribution in [3.63, 3.8) is 0 Å². The van der Waals surface area contributed by atoms with Crippen LogP contribution < -0.4 is 10.6 Å². The molecule has 0 unspecified atom stereocenters. The Balaban J connectivity index is 2.21. The molecule has 0 aliphatic carbocycles. The number of anilines is 1. The molecule has 1 aromatic heterocycles. The summed E-state index contributed by atoms with van der Waals surface area (Å²) in [6, 6.07) is 12.7. The summed E-state index contributed by atoms with van der Waals surface area (Å²) in [5.74, 6) is 0. The van der Waals surface area contributed by atoms with Crippen molar-refractivity contribution in [2.24, 2.45) is 5.73 Å². The van der Waals surface area contributed by atoms with Gasteiger partial charge in [0, 0.05) is 18.4 Å². The Hall–Kier alpha value is -1.87. The van der Waals surface area contributed by atoms with Gasteiger partial charge in [-0.15, -0.1) is 0 Å². The summed E-state index contributed by atoms with van der Waals surface area (Å²) in [6.07, 6.45) is 2.85. The topological polar surface area (TPSA) is 42.1 Å². The number of aromatic nitrogens is 1. The van der Waals surface area contributed by atoms with Crippen molar-refractivity contribution in [3.8, 4) is 0 Å². The second kappa shape index (κ2) is 7.06. The molecule has 0 saturated carbocycles. The maximum Gasteiger partial charge on any atom is 0.0626 e. The average molecular weight is 269 g/mol. The third kappa shape index (κ3) is 3.81. The molecule has 0 saturated heterocycles. The van der Waals surface area contributed by atoms with Crippen LogP contribution in [0.1, 0.15) is 23.2 Å². The minimum absolute atomic E-state index is 0.712. The van der Waals surface area contributed by atoms with Crippen molar-refractivity contribution in [1.29, 1.82) is 0 Å². The number of benzene rings is 1. The largest absolute Gasteiger partial charge is 0.366 e. The first-order chi connectivity index (χ1) is 9.70. The minimum atomic E-state index is 0.712. The highest BCUT2D eigenvalue weighted by atomic mass is 15.1. The first-order valence-electron chi connectivity index (χ1n) is 7.13. The summed E-state index contributed by atoms with van der Waals surface area (Å²) in [7, 11) is 0. The van der Waals surface area contributed by atoms with Gasteiger partial charge in [0.2, 0.25) is 0 Å². The van der Waals surface area contributed by atoms with E-state index in [0.717, 1.165) is 25.2 Å². The minimum Gasteiger partial charge on any atom is -0.366 e. The highest BCUT2D eigenvalue weighted by Crippen LogP contribution is 2.19. The van der Waals surface area contributed by atoms with E-state index in [2.05, 4.69) is 54.1 Å². The van der Waals surface area contributed by atoms with Gasteiger partial charge in [0.1, 0.15) is 0 Å². The SMILES string of the molecule is Cc1cccc(N(CCCN)Cc2ncccc2C)c1. The fourth-order valence-electron chi connectivity index (χ4n) is 2.27. The molecule has 0 atom stereocenters. The first kappa shape index (κ1) is 14.5. The number of hydrogen-bond acceptors (Lipinski definition) is 3. The Labute approximate surface area is 121 Å². The zero-order valence-corrected chi connectivity index (χ0v) is 12.3. The maximum absolute atomic E-state index is 5.67. The first-order valence-corrected chi connectivity index (χ1v) is 7.13. The monoisotopic (exact) mass is 269 g/mol. The molecule has 1 aromatic carbocycles. The molecule has 0 aliphatic rings. The summed E-state index contributed by atoms with van der Waals surface area (Å²) >= 11 is 0. The molecular formula is C17H23N3. The van der Waals surface area contributed by atoms with Gasteiger partial charge in [-0.25, -0.2) is 0 Å². The van der Waals surface area contributed by atoms with Gasteiger partial charge in [-0.1, -0.05) is 18.2 Å². The van der Waals surface area contributed by atoms with E-state index in [-0.39, 0.29) is 0 Å². The molecule has 0 fully saturated rings. The summed E-state index contributed by atoms with van der Waals surface area (Å²) < 4.78 is 0. The van der Waals surface area contributed by atoms with Crippen LogP contribution in [0.3, 0.4) is 0 Å². The smallest absolute Gasteiger partial charge is 0.0626 e. The van der Waals surface area contributed by atoms with Crippen molar-refractivity contribution in [2.75, 3.05) is 18.0 Å². The fourth-order valence-corrected chi connectivity index (χ4v) is 2.27. The zero-order chi connectivity index (χ0) is 14.4. The van der Waals surface area contributed by atoms with Crippen LogP contribution >= 0.6 is 0 Å². The number of pyridine rings is 1. The lowest BCUT2D eigenvalue weighted by atomic mass is 10.1.